The van der Waals surface area contributed by atoms with Crippen molar-refractivity contribution < 1.29 is 14.9 Å². The van der Waals surface area contributed by atoms with Crippen LogP contribution in [0.25, 0.3) is 16.7 Å². The second-order valence-corrected chi connectivity index (χ2v) is 4.02. The van der Waals surface area contributed by atoms with Gasteiger partial charge in [0.15, 0.2) is 0 Å². The zero-order chi connectivity index (χ0) is 13.4. The fraction of sp³-hybridized carbons (Fsp3) is 0.0769. The minimum Gasteiger partial charge on any atom is -0.508 e. The lowest BCUT2D eigenvalue weighted by molar-refractivity contribution is 0.415. The van der Waals surface area contributed by atoms with Crippen LogP contribution in [0.2, 0.25) is 0 Å². The van der Waals surface area contributed by atoms with Crippen molar-refractivity contribution in [2.75, 3.05) is 7.11 Å². The van der Waals surface area contributed by atoms with E-state index < -0.39 is 0 Å². The van der Waals surface area contributed by atoms with Crippen LogP contribution < -0.4 is 4.74 Å². The van der Waals surface area contributed by atoms with E-state index in [-0.39, 0.29) is 11.5 Å². The number of phenols is 2. The van der Waals surface area contributed by atoms with Gasteiger partial charge in [0.2, 0.25) is 0 Å². The summed E-state index contributed by atoms with van der Waals surface area (Å²) in [6.45, 7) is 0. The first-order valence-corrected chi connectivity index (χ1v) is 5.61. The van der Waals surface area contributed by atoms with E-state index >= 15 is 0 Å². The van der Waals surface area contributed by atoms with E-state index in [1.807, 2.05) is 0 Å². The molecule has 0 fully saturated rings. The predicted molar refractivity (Wildman–Crippen MR) is 68.7 cm³/mol. The Morgan fingerprint density at radius 1 is 1.00 bits per heavy atom. The molecular formula is C13H11N3O3. The maximum atomic E-state index is 9.79. The monoisotopic (exact) mass is 257 g/mol. The molecule has 0 amide bonds. The number of hydrogen-bond donors (Lipinski definition) is 2. The molecule has 1 heterocycles. The standard InChI is InChI=1S/C13H11N3O3/c1-19-9-3-4-10-11(7-9)15-16(14-10)12-5-2-8(17)6-13(12)18/h2-7,17-18H,1H3. The van der Waals surface area contributed by atoms with Crippen molar-refractivity contribution >= 4 is 11.0 Å². The van der Waals surface area contributed by atoms with Crippen LogP contribution >= 0.6 is 0 Å². The predicted octanol–water partition coefficient (Wildman–Crippen LogP) is 1.84. The molecule has 6 nitrogen and oxygen atoms in total. The van der Waals surface area contributed by atoms with Crippen LogP contribution in [0.3, 0.4) is 0 Å². The normalized spacial score (nSPS) is 10.8. The number of aromatic nitrogens is 3. The van der Waals surface area contributed by atoms with Crippen molar-refractivity contribution in [3.63, 3.8) is 0 Å². The van der Waals surface area contributed by atoms with E-state index in [1.54, 1.807) is 31.4 Å². The van der Waals surface area contributed by atoms with E-state index in [2.05, 4.69) is 10.2 Å². The molecule has 0 aliphatic rings. The molecule has 3 aromatic rings. The zero-order valence-electron chi connectivity index (χ0n) is 10.1. The highest BCUT2D eigenvalue weighted by Gasteiger charge is 2.09. The fourth-order valence-corrected chi connectivity index (χ4v) is 1.81. The van der Waals surface area contributed by atoms with Gasteiger partial charge in [-0.25, -0.2) is 0 Å². The summed E-state index contributed by atoms with van der Waals surface area (Å²) < 4.78 is 5.12. The van der Waals surface area contributed by atoms with Gasteiger partial charge in [0, 0.05) is 12.1 Å². The lowest BCUT2D eigenvalue weighted by Gasteiger charge is -2.02. The summed E-state index contributed by atoms with van der Waals surface area (Å²) >= 11 is 0. The highest BCUT2D eigenvalue weighted by atomic mass is 16.5. The molecule has 0 bridgehead atoms. The Kier molecular flexibility index (Phi) is 2.49. The van der Waals surface area contributed by atoms with Gasteiger partial charge in [-0.15, -0.1) is 15.0 Å². The van der Waals surface area contributed by atoms with E-state index in [1.165, 1.54) is 16.9 Å². The molecule has 3 rings (SSSR count). The average Bonchev–Trinajstić information content (AvgIpc) is 2.80. The second-order valence-electron chi connectivity index (χ2n) is 4.02. The van der Waals surface area contributed by atoms with Crippen LogP contribution in [-0.2, 0) is 0 Å². The van der Waals surface area contributed by atoms with Crippen molar-refractivity contribution in [1.82, 2.24) is 15.0 Å². The quantitative estimate of drug-likeness (QED) is 0.732. The fourth-order valence-electron chi connectivity index (χ4n) is 1.81. The average molecular weight is 257 g/mol. The number of phenolic OH excluding ortho intramolecular Hbond substituents is 2. The van der Waals surface area contributed by atoms with Crippen LogP contribution in [0, 0.1) is 0 Å². The molecule has 19 heavy (non-hydrogen) atoms. The second kappa shape index (κ2) is 4.16. The third kappa shape index (κ3) is 1.93. The highest BCUT2D eigenvalue weighted by molar-refractivity contribution is 5.75. The molecule has 0 spiro atoms. The van der Waals surface area contributed by atoms with Crippen LogP contribution in [0.15, 0.2) is 36.4 Å². The molecule has 0 unspecified atom stereocenters. The Bertz CT molecular complexity index is 752. The lowest BCUT2D eigenvalue weighted by Crippen LogP contribution is -1.98. The maximum absolute atomic E-state index is 9.79. The number of hydrogen-bond acceptors (Lipinski definition) is 5. The Morgan fingerprint density at radius 2 is 1.79 bits per heavy atom. The SMILES string of the molecule is COc1ccc2nn(-c3ccc(O)cc3O)nc2c1. The smallest absolute Gasteiger partial charge is 0.146 e. The number of methoxy groups -OCH3 is 1. The Morgan fingerprint density at radius 3 is 2.53 bits per heavy atom. The summed E-state index contributed by atoms with van der Waals surface area (Å²) in [5.41, 5.74) is 1.74. The van der Waals surface area contributed by atoms with Crippen LogP contribution in [0.1, 0.15) is 0 Å². The summed E-state index contributed by atoms with van der Waals surface area (Å²) in [4.78, 5) is 1.32. The van der Waals surface area contributed by atoms with Gasteiger partial charge in [0.1, 0.15) is 34.0 Å². The van der Waals surface area contributed by atoms with E-state index in [0.29, 0.717) is 22.5 Å². The first kappa shape index (κ1) is 11.3. The van der Waals surface area contributed by atoms with Gasteiger partial charge in [0.05, 0.1) is 7.11 Å². The summed E-state index contributed by atoms with van der Waals surface area (Å²) in [6.07, 6.45) is 0. The molecule has 0 saturated heterocycles. The number of benzene rings is 2. The molecule has 1 aromatic heterocycles. The lowest BCUT2D eigenvalue weighted by atomic mass is 10.3. The van der Waals surface area contributed by atoms with Crippen molar-refractivity contribution in [2.24, 2.45) is 0 Å². The summed E-state index contributed by atoms with van der Waals surface area (Å²) in [5.74, 6) is 0.585. The van der Waals surface area contributed by atoms with Crippen molar-refractivity contribution in [2.45, 2.75) is 0 Å². The zero-order valence-corrected chi connectivity index (χ0v) is 10.1. The van der Waals surface area contributed by atoms with Gasteiger partial charge in [0.25, 0.3) is 0 Å². The summed E-state index contributed by atoms with van der Waals surface area (Å²) in [5, 5.41) is 27.6. The van der Waals surface area contributed by atoms with E-state index in [4.69, 9.17) is 4.74 Å². The van der Waals surface area contributed by atoms with E-state index in [9.17, 15) is 10.2 Å². The molecule has 0 radical (unpaired) electrons. The highest BCUT2D eigenvalue weighted by Crippen LogP contribution is 2.26. The van der Waals surface area contributed by atoms with Gasteiger partial charge in [-0.2, -0.15) is 0 Å². The summed E-state index contributed by atoms with van der Waals surface area (Å²) in [7, 11) is 1.58. The third-order valence-electron chi connectivity index (χ3n) is 2.76. The first-order valence-electron chi connectivity index (χ1n) is 5.61. The number of nitrogens with zero attached hydrogens (tertiary/aromatic N) is 3. The molecule has 2 aromatic carbocycles. The van der Waals surface area contributed by atoms with E-state index in [0.717, 1.165) is 0 Å². The van der Waals surface area contributed by atoms with Crippen LogP contribution in [-0.4, -0.2) is 32.3 Å². The molecule has 0 saturated carbocycles. The molecule has 6 heteroatoms. The molecular weight excluding hydrogens is 246 g/mol. The van der Waals surface area contributed by atoms with Gasteiger partial charge in [-0.1, -0.05) is 0 Å². The van der Waals surface area contributed by atoms with Gasteiger partial charge in [-0.05, 0) is 24.3 Å². The molecule has 0 atom stereocenters. The first-order chi connectivity index (χ1) is 9.17. The molecule has 2 N–H and O–H groups in total. The molecule has 0 aliphatic heterocycles. The van der Waals surface area contributed by atoms with Crippen LogP contribution in [0.5, 0.6) is 17.2 Å². The third-order valence-corrected chi connectivity index (χ3v) is 2.76. The number of aromatic hydroxyl groups is 2. The summed E-state index contributed by atoms with van der Waals surface area (Å²) in [6, 6.07) is 9.58. The Balaban J connectivity index is 2.14. The van der Waals surface area contributed by atoms with Crippen molar-refractivity contribution in [3.8, 4) is 22.9 Å². The van der Waals surface area contributed by atoms with Gasteiger partial charge in [-0.3, -0.25) is 0 Å². The molecule has 0 aliphatic carbocycles. The van der Waals surface area contributed by atoms with Crippen molar-refractivity contribution in [3.05, 3.63) is 36.4 Å². The maximum Gasteiger partial charge on any atom is 0.146 e. The Hall–Kier alpha value is -2.76. The topological polar surface area (TPSA) is 80.4 Å². The minimum atomic E-state index is -0.0905. The van der Waals surface area contributed by atoms with Crippen molar-refractivity contribution in [1.29, 1.82) is 0 Å². The molecule has 96 valence electrons. The van der Waals surface area contributed by atoms with Crippen LogP contribution in [0.4, 0.5) is 0 Å². The Labute approximate surface area is 108 Å². The number of rotatable bonds is 2. The largest absolute Gasteiger partial charge is 0.508 e. The van der Waals surface area contributed by atoms with Gasteiger partial charge >= 0.3 is 0 Å². The number of ether oxygens (including phenoxy) is 1. The van der Waals surface area contributed by atoms with Gasteiger partial charge < -0.3 is 14.9 Å². The minimum absolute atomic E-state index is 0.0142. The number of fused-ring (bicyclic) bond motifs is 1.